The van der Waals surface area contributed by atoms with Crippen LogP contribution in [0.5, 0.6) is 11.5 Å². The molecule has 1 atom stereocenters. The highest BCUT2D eigenvalue weighted by molar-refractivity contribution is 5.71. The van der Waals surface area contributed by atoms with Crippen LogP contribution in [-0.2, 0) is 6.42 Å². The van der Waals surface area contributed by atoms with E-state index in [9.17, 15) is 0 Å². The molecule has 1 aliphatic heterocycles. The van der Waals surface area contributed by atoms with Crippen LogP contribution in [0.2, 0.25) is 0 Å². The minimum Gasteiger partial charge on any atom is -0.457 e. The molecule has 2 aliphatic rings. The summed E-state index contributed by atoms with van der Waals surface area (Å²) in [5, 5.41) is 1.90. The summed E-state index contributed by atoms with van der Waals surface area (Å²) in [7, 11) is 0. The van der Waals surface area contributed by atoms with Crippen molar-refractivity contribution in [3.8, 4) is 11.5 Å². The van der Waals surface area contributed by atoms with Gasteiger partial charge in [0.2, 0.25) is 0 Å². The Kier molecular flexibility index (Phi) is 5.19. The molecular weight excluding hydrogens is 388 g/mol. The third kappa shape index (κ3) is 3.54. The van der Waals surface area contributed by atoms with E-state index >= 15 is 0 Å². The molecule has 0 N–H and O–H groups in total. The third-order valence-corrected chi connectivity index (χ3v) is 6.51. The van der Waals surface area contributed by atoms with Crippen LogP contribution in [0.4, 0.5) is 0 Å². The number of benzene rings is 2. The van der Waals surface area contributed by atoms with Crippen molar-refractivity contribution in [1.29, 1.82) is 0 Å². The SMILES string of the molecule is C=c1ccccc(=C)c2c(cc1)Oc1ccc3c(c1C2c1ccc(C)cc1C)C=CCC3. The van der Waals surface area contributed by atoms with Crippen molar-refractivity contribution >= 4 is 19.2 Å². The van der Waals surface area contributed by atoms with Gasteiger partial charge in [0.05, 0.1) is 0 Å². The lowest BCUT2D eigenvalue weighted by Gasteiger charge is -2.32. The molecule has 1 heterocycles. The summed E-state index contributed by atoms with van der Waals surface area (Å²) in [6.45, 7) is 13.0. The fraction of sp³-hybridized carbons (Fsp3) is 0.161. The summed E-state index contributed by atoms with van der Waals surface area (Å²) >= 11 is 0. The zero-order valence-corrected chi connectivity index (χ0v) is 18.8. The van der Waals surface area contributed by atoms with E-state index in [1.807, 2.05) is 30.3 Å². The largest absolute Gasteiger partial charge is 0.457 e. The van der Waals surface area contributed by atoms with E-state index in [1.54, 1.807) is 0 Å². The van der Waals surface area contributed by atoms with Gasteiger partial charge in [0.1, 0.15) is 11.5 Å². The molecule has 158 valence electrons. The van der Waals surface area contributed by atoms with Gasteiger partial charge < -0.3 is 4.74 Å². The molecule has 0 amide bonds. The first-order valence-corrected chi connectivity index (χ1v) is 11.3. The van der Waals surface area contributed by atoms with E-state index in [0.29, 0.717) is 0 Å². The van der Waals surface area contributed by atoms with Gasteiger partial charge in [-0.05, 0) is 71.5 Å². The number of allylic oxidation sites excluding steroid dienone is 1. The monoisotopic (exact) mass is 416 g/mol. The molecule has 1 nitrogen and oxygen atoms in total. The third-order valence-electron chi connectivity index (χ3n) is 6.51. The zero-order valence-electron chi connectivity index (χ0n) is 18.8. The van der Waals surface area contributed by atoms with Crippen molar-refractivity contribution in [1.82, 2.24) is 0 Å². The Morgan fingerprint density at radius 3 is 2.47 bits per heavy atom. The highest BCUT2D eigenvalue weighted by atomic mass is 16.5. The van der Waals surface area contributed by atoms with E-state index in [4.69, 9.17) is 4.74 Å². The number of hydrogen-bond acceptors (Lipinski definition) is 1. The number of ether oxygens (including phenoxy) is 1. The number of fused-ring (bicyclic) bond motifs is 4. The lowest BCUT2D eigenvalue weighted by molar-refractivity contribution is 0.451. The zero-order chi connectivity index (χ0) is 22.2. The molecule has 32 heavy (non-hydrogen) atoms. The van der Waals surface area contributed by atoms with Crippen LogP contribution < -0.4 is 15.2 Å². The predicted molar refractivity (Wildman–Crippen MR) is 135 cm³/mol. The second kappa shape index (κ2) is 8.16. The average molecular weight is 417 g/mol. The molecule has 3 aromatic carbocycles. The van der Waals surface area contributed by atoms with Crippen LogP contribution in [-0.4, -0.2) is 0 Å². The van der Waals surface area contributed by atoms with Gasteiger partial charge >= 0.3 is 0 Å². The molecule has 3 aromatic rings. The van der Waals surface area contributed by atoms with Crippen molar-refractivity contribution in [3.05, 3.63) is 122 Å². The Bertz CT molecular complexity index is 1410. The summed E-state index contributed by atoms with van der Waals surface area (Å²) in [4.78, 5) is 0. The van der Waals surface area contributed by atoms with Crippen molar-refractivity contribution in [3.63, 3.8) is 0 Å². The number of rotatable bonds is 1. The van der Waals surface area contributed by atoms with Crippen LogP contribution in [0.1, 0.15) is 51.3 Å². The first-order chi connectivity index (χ1) is 15.5. The summed E-state index contributed by atoms with van der Waals surface area (Å²) in [6, 6.07) is 23.3. The molecule has 0 saturated carbocycles. The number of hydrogen-bond donors (Lipinski definition) is 0. The lowest BCUT2D eigenvalue weighted by Crippen LogP contribution is -2.21. The molecule has 0 fully saturated rings. The van der Waals surface area contributed by atoms with E-state index in [-0.39, 0.29) is 5.92 Å². The summed E-state index contributed by atoms with van der Waals surface area (Å²) in [6.07, 6.45) is 6.71. The predicted octanol–water partition coefficient (Wildman–Crippen LogP) is 6.49. The topological polar surface area (TPSA) is 9.23 Å². The first kappa shape index (κ1) is 20.3. The molecule has 0 aromatic heterocycles. The quantitative estimate of drug-likeness (QED) is 0.344. The molecule has 1 unspecified atom stereocenters. The molecule has 0 bridgehead atoms. The van der Waals surface area contributed by atoms with Gasteiger partial charge in [0.25, 0.3) is 0 Å². The normalized spacial score (nSPS) is 15.6. The maximum absolute atomic E-state index is 6.57. The van der Waals surface area contributed by atoms with E-state index in [0.717, 1.165) is 40.3 Å². The van der Waals surface area contributed by atoms with Gasteiger partial charge in [0, 0.05) is 17.0 Å². The van der Waals surface area contributed by atoms with E-state index < -0.39 is 0 Å². The molecule has 1 heteroatoms. The highest BCUT2D eigenvalue weighted by Gasteiger charge is 2.32. The number of aryl methyl sites for hydroxylation is 3. The maximum atomic E-state index is 6.57. The minimum atomic E-state index is 0.0468. The fourth-order valence-electron chi connectivity index (χ4n) is 4.97. The van der Waals surface area contributed by atoms with Gasteiger partial charge in [-0.3, -0.25) is 0 Å². The standard InChI is InChI=1S/C31H28O/c1-20-9-5-6-10-22(3)29-27(17-14-20)32-28-18-15-24-11-7-8-12-26(24)30(28)31(29)25-16-13-21(2)19-23(25)4/h5-6,8-10,12-19,31H,1,3,7,11H2,2,4H3. The fourth-order valence-corrected chi connectivity index (χ4v) is 4.97. The van der Waals surface area contributed by atoms with Crippen LogP contribution >= 0.6 is 0 Å². The molecular formula is C31H28O. The van der Waals surface area contributed by atoms with Gasteiger partial charge in [-0.25, -0.2) is 0 Å². The van der Waals surface area contributed by atoms with Crippen molar-refractivity contribution in [2.24, 2.45) is 0 Å². The Morgan fingerprint density at radius 1 is 0.844 bits per heavy atom. The van der Waals surface area contributed by atoms with Gasteiger partial charge in [-0.15, -0.1) is 0 Å². The summed E-state index contributed by atoms with van der Waals surface area (Å²) < 4.78 is 6.57. The average Bonchev–Trinajstić information content (AvgIpc) is 2.79. The van der Waals surface area contributed by atoms with Gasteiger partial charge in [-0.1, -0.05) is 85.5 Å². The Balaban J connectivity index is 1.92. The molecule has 0 radical (unpaired) electrons. The van der Waals surface area contributed by atoms with Crippen molar-refractivity contribution in [2.45, 2.75) is 32.6 Å². The second-order valence-corrected chi connectivity index (χ2v) is 8.82. The van der Waals surface area contributed by atoms with Crippen LogP contribution in [0.15, 0.2) is 72.8 Å². The summed E-state index contributed by atoms with van der Waals surface area (Å²) in [5.41, 5.74) is 8.91. The van der Waals surface area contributed by atoms with Crippen LogP contribution in [0, 0.1) is 13.8 Å². The van der Waals surface area contributed by atoms with Gasteiger partial charge in [-0.2, -0.15) is 0 Å². The van der Waals surface area contributed by atoms with Crippen LogP contribution in [0.3, 0.4) is 0 Å². The smallest absolute Gasteiger partial charge is 0.132 e. The molecule has 5 rings (SSSR count). The van der Waals surface area contributed by atoms with E-state index in [2.05, 4.69) is 75.6 Å². The molecule has 1 aliphatic carbocycles. The van der Waals surface area contributed by atoms with Crippen LogP contribution in [0.25, 0.3) is 19.2 Å². The Morgan fingerprint density at radius 2 is 1.62 bits per heavy atom. The first-order valence-electron chi connectivity index (χ1n) is 11.3. The molecule has 0 spiro atoms. The minimum absolute atomic E-state index is 0.0468. The highest BCUT2D eigenvalue weighted by Crippen LogP contribution is 2.49. The lowest BCUT2D eigenvalue weighted by atomic mass is 9.76. The van der Waals surface area contributed by atoms with Gasteiger partial charge in [0.15, 0.2) is 0 Å². The van der Waals surface area contributed by atoms with Crippen molar-refractivity contribution < 1.29 is 4.74 Å². The Hall–Kier alpha value is -3.58. The van der Waals surface area contributed by atoms with E-state index in [1.165, 1.54) is 33.4 Å². The summed E-state index contributed by atoms with van der Waals surface area (Å²) in [5.74, 6) is 1.82. The Labute approximate surface area is 190 Å². The maximum Gasteiger partial charge on any atom is 0.132 e. The molecule has 0 saturated heterocycles. The second-order valence-electron chi connectivity index (χ2n) is 8.82. The van der Waals surface area contributed by atoms with Crippen molar-refractivity contribution in [2.75, 3.05) is 0 Å².